The summed E-state index contributed by atoms with van der Waals surface area (Å²) in [7, 11) is -4.68. The van der Waals surface area contributed by atoms with E-state index in [1.54, 1.807) is 0 Å². The lowest BCUT2D eigenvalue weighted by Crippen LogP contribution is -2.28. The Morgan fingerprint density at radius 1 is 0.829 bits per heavy atom. The van der Waals surface area contributed by atoms with Crippen molar-refractivity contribution in [3.05, 3.63) is 0 Å². The summed E-state index contributed by atoms with van der Waals surface area (Å²) < 4.78 is 31.6. The van der Waals surface area contributed by atoms with E-state index in [4.69, 9.17) is 24.0 Å². The number of phosphoric ester groups is 1. The Labute approximate surface area is 211 Å². The highest BCUT2D eigenvalue weighted by atomic mass is 31.2. The molecule has 0 aliphatic heterocycles. The van der Waals surface area contributed by atoms with Crippen LogP contribution in [0.3, 0.4) is 0 Å². The van der Waals surface area contributed by atoms with Crippen LogP contribution in [0.1, 0.15) is 104 Å². The standard InChI is InChI=1S/C24H48NO9P/c1-3-4-5-6-7-8-10-13-16-24(27)34-23(20-33-35(28,29)30)19-32-21-31-18-15-12-9-11-14-17-25-22(2)26/h23H,3-21H2,1-2H3,(H,25,26)(H2,28,29,30)/t23-/m0/s1. The number of rotatable bonds is 25. The van der Waals surface area contributed by atoms with Crippen molar-refractivity contribution in [2.24, 2.45) is 0 Å². The molecule has 1 atom stereocenters. The summed E-state index contributed by atoms with van der Waals surface area (Å²) in [5.74, 6) is -0.439. The molecule has 11 heteroatoms. The first kappa shape index (κ1) is 34.0. The molecule has 0 aliphatic carbocycles. The summed E-state index contributed by atoms with van der Waals surface area (Å²) in [4.78, 5) is 40.7. The first-order chi connectivity index (χ1) is 16.7. The molecule has 0 aromatic rings. The highest BCUT2D eigenvalue weighted by Gasteiger charge is 2.21. The Morgan fingerprint density at radius 3 is 2.06 bits per heavy atom. The number of ether oxygens (including phenoxy) is 3. The fraction of sp³-hybridized carbons (Fsp3) is 0.917. The smallest absolute Gasteiger partial charge is 0.457 e. The molecule has 35 heavy (non-hydrogen) atoms. The lowest BCUT2D eigenvalue weighted by Gasteiger charge is -2.18. The molecule has 208 valence electrons. The highest BCUT2D eigenvalue weighted by molar-refractivity contribution is 7.46. The van der Waals surface area contributed by atoms with Gasteiger partial charge in [0.2, 0.25) is 5.91 Å². The number of unbranched alkanes of at least 4 members (excludes halogenated alkanes) is 11. The first-order valence-electron chi connectivity index (χ1n) is 13.0. The zero-order valence-electron chi connectivity index (χ0n) is 21.7. The zero-order valence-corrected chi connectivity index (χ0v) is 22.6. The van der Waals surface area contributed by atoms with Crippen molar-refractivity contribution < 1.29 is 42.7 Å². The number of phosphoric acid groups is 1. The third-order valence-corrected chi connectivity index (χ3v) is 5.76. The fourth-order valence-electron chi connectivity index (χ4n) is 3.37. The van der Waals surface area contributed by atoms with Crippen LogP contribution in [0, 0.1) is 0 Å². The second-order valence-electron chi connectivity index (χ2n) is 8.77. The van der Waals surface area contributed by atoms with Crippen LogP contribution in [0.25, 0.3) is 0 Å². The number of nitrogens with one attached hydrogen (secondary N) is 1. The van der Waals surface area contributed by atoms with Crippen molar-refractivity contribution in [1.29, 1.82) is 0 Å². The topological polar surface area (TPSA) is 141 Å². The molecule has 0 saturated heterocycles. The molecule has 0 aromatic carbocycles. The Balaban J connectivity index is 3.92. The summed E-state index contributed by atoms with van der Waals surface area (Å²) in [5.41, 5.74) is 0. The van der Waals surface area contributed by atoms with E-state index in [1.807, 2.05) is 0 Å². The fourth-order valence-corrected chi connectivity index (χ4v) is 3.73. The van der Waals surface area contributed by atoms with Crippen LogP contribution in [0.15, 0.2) is 0 Å². The molecule has 0 unspecified atom stereocenters. The van der Waals surface area contributed by atoms with E-state index in [0.717, 1.165) is 51.4 Å². The van der Waals surface area contributed by atoms with Crippen LogP contribution >= 0.6 is 7.82 Å². The minimum absolute atomic E-state index is 0.00722. The van der Waals surface area contributed by atoms with Gasteiger partial charge >= 0.3 is 13.8 Å². The Hall–Kier alpha value is -1.03. The highest BCUT2D eigenvalue weighted by Crippen LogP contribution is 2.35. The maximum absolute atomic E-state index is 12.1. The van der Waals surface area contributed by atoms with E-state index < -0.39 is 26.5 Å². The molecule has 10 nitrogen and oxygen atoms in total. The Morgan fingerprint density at radius 2 is 1.43 bits per heavy atom. The molecular weight excluding hydrogens is 477 g/mol. The van der Waals surface area contributed by atoms with Gasteiger partial charge in [-0.2, -0.15) is 0 Å². The third kappa shape index (κ3) is 27.4. The number of hydrogen-bond acceptors (Lipinski definition) is 7. The van der Waals surface area contributed by atoms with Crippen LogP contribution in [0.4, 0.5) is 0 Å². The van der Waals surface area contributed by atoms with Crippen LogP contribution in [-0.4, -0.2) is 60.9 Å². The molecule has 0 rings (SSSR count). The Kier molecular flexibility index (Phi) is 22.7. The van der Waals surface area contributed by atoms with Gasteiger partial charge in [-0.3, -0.25) is 14.1 Å². The van der Waals surface area contributed by atoms with Gasteiger partial charge in [-0.25, -0.2) is 4.57 Å². The van der Waals surface area contributed by atoms with Crippen LogP contribution in [0.2, 0.25) is 0 Å². The molecule has 0 bridgehead atoms. The zero-order chi connectivity index (χ0) is 26.2. The van der Waals surface area contributed by atoms with Gasteiger partial charge in [0.05, 0.1) is 13.2 Å². The minimum atomic E-state index is -4.68. The quantitative estimate of drug-likeness (QED) is 0.0674. The number of carbonyl (C=O) groups is 2. The summed E-state index contributed by atoms with van der Waals surface area (Å²) in [6.45, 7) is 4.38. The molecule has 0 aliphatic rings. The molecule has 0 fully saturated rings. The molecule has 0 aromatic heterocycles. The normalized spacial score (nSPS) is 12.5. The molecular formula is C24H48NO9P. The molecule has 1 amide bonds. The number of amides is 1. The predicted octanol–water partition coefficient (Wildman–Crippen LogP) is 4.62. The first-order valence-corrected chi connectivity index (χ1v) is 14.6. The van der Waals surface area contributed by atoms with Crippen LogP contribution < -0.4 is 5.32 Å². The molecule has 0 heterocycles. The summed E-state index contributed by atoms with van der Waals surface area (Å²) in [6.07, 6.45) is 13.2. The number of hydrogen-bond donors (Lipinski definition) is 3. The Bertz CT molecular complexity index is 571. The van der Waals surface area contributed by atoms with Gasteiger partial charge < -0.3 is 29.3 Å². The van der Waals surface area contributed by atoms with E-state index in [0.29, 0.717) is 13.2 Å². The maximum atomic E-state index is 12.1. The second kappa shape index (κ2) is 23.4. The lowest BCUT2D eigenvalue weighted by molar-refractivity contribution is -0.158. The van der Waals surface area contributed by atoms with Gasteiger partial charge in [0.1, 0.15) is 12.9 Å². The lowest BCUT2D eigenvalue weighted by atomic mass is 10.1. The molecule has 0 spiro atoms. The van der Waals surface area contributed by atoms with Gasteiger partial charge in [-0.05, 0) is 19.3 Å². The van der Waals surface area contributed by atoms with Crippen molar-refractivity contribution in [2.45, 2.75) is 110 Å². The van der Waals surface area contributed by atoms with Crippen molar-refractivity contribution >= 4 is 19.7 Å². The van der Waals surface area contributed by atoms with Gasteiger partial charge in [0, 0.05) is 26.5 Å². The van der Waals surface area contributed by atoms with Crippen LogP contribution in [0.5, 0.6) is 0 Å². The molecule has 0 saturated carbocycles. The predicted molar refractivity (Wildman–Crippen MR) is 134 cm³/mol. The van der Waals surface area contributed by atoms with Gasteiger partial charge in [-0.15, -0.1) is 0 Å². The average Bonchev–Trinajstić information content (AvgIpc) is 2.79. The SMILES string of the molecule is CCCCCCCCCCC(=O)O[C@@H](COCOCCCCCCCNC(C)=O)COP(=O)(O)O. The summed E-state index contributed by atoms with van der Waals surface area (Å²) >= 11 is 0. The van der Waals surface area contributed by atoms with E-state index in [1.165, 1.54) is 39.0 Å². The largest absolute Gasteiger partial charge is 0.469 e. The summed E-state index contributed by atoms with van der Waals surface area (Å²) in [5, 5.41) is 2.77. The van der Waals surface area contributed by atoms with Crippen molar-refractivity contribution in [3.63, 3.8) is 0 Å². The van der Waals surface area contributed by atoms with E-state index >= 15 is 0 Å². The van der Waals surface area contributed by atoms with E-state index in [9.17, 15) is 14.2 Å². The monoisotopic (exact) mass is 525 g/mol. The van der Waals surface area contributed by atoms with Crippen molar-refractivity contribution in [1.82, 2.24) is 5.32 Å². The molecule has 3 N–H and O–H groups in total. The minimum Gasteiger partial charge on any atom is -0.457 e. The van der Waals surface area contributed by atoms with E-state index in [2.05, 4.69) is 16.8 Å². The van der Waals surface area contributed by atoms with Gasteiger partial charge in [0.25, 0.3) is 0 Å². The number of carbonyl (C=O) groups excluding carboxylic acids is 2. The van der Waals surface area contributed by atoms with Crippen LogP contribution in [-0.2, 0) is 32.9 Å². The molecule has 0 radical (unpaired) electrons. The third-order valence-electron chi connectivity index (χ3n) is 5.27. The second-order valence-corrected chi connectivity index (χ2v) is 10.0. The average molecular weight is 526 g/mol. The van der Waals surface area contributed by atoms with Crippen molar-refractivity contribution in [3.8, 4) is 0 Å². The maximum Gasteiger partial charge on any atom is 0.469 e. The summed E-state index contributed by atoms with van der Waals surface area (Å²) in [6, 6.07) is 0. The van der Waals surface area contributed by atoms with Gasteiger partial charge in [0.15, 0.2) is 0 Å². The van der Waals surface area contributed by atoms with Gasteiger partial charge in [-0.1, -0.05) is 71.1 Å². The van der Waals surface area contributed by atoms with Crippen molar-refractivity contribution in [2.75, 3.05) is 33.2 Å². The number of esters is 1. The van der Waals surface area contributed by atoms with E-state index in [-0.39, 0.29) is 25.7 Å².